The third kappa shape index (κ3) is 1.94. The van der Waals surface area contributed by atoms with E-state index in [1.54, 1.807) is 6.92 Å². The van der Waals surface area contributed by atoms with Crippen molar-refractivity contribution in [1.82, 2.24) is 0 Å². The van der Waals surface area contributed by atoms with E-state index in [0.717, 1.165) is 24.1 Å². The number of aliphatic imine (C=N–C) groups is 1. The number of hydrogen-bond acceptors (Lipinski definition) is 3. The predicted molar refractivity (Wildman–Crippen MR) is 47.1 cm³/mol. The van der Waals surface area contributed by atoms with E-state index >= 15 is 0 Å². The number of nitrogens with zero attached hydrogens (tertiary/aromatic N) is 1. The molecule has 1 heterocycles. The van der Waals surface area contributed by atoms with Crippen LogP contribution in [0, 0.1) is 0 Å². The first-order valence-electron chi connectivity index (χ1n) is 4.15. The molecule has 0 spiro atoms. The molecule has 0 N–H and O–H groups in total. The highest BCUT2D eigenvalue weighted by Crippen LogP contribution is 2.17. The van der Waals surface area contributed by atoms with Gasteiger partial charge in [-0.3, -0.25) is 4.99 Å². The summed E-state index contributed by atoms with van der Waals surface area (Å²) >= 11 is 0. The minimum absolute atomic E-state index is 0.216. The second kappa shape index (κ2) is 4.04. The topological polar surface area (TPSA) is 38.7 Å². The molecule has 1 rings (SSSR count). The van der Waals surface area contributed by atoms with Gasteiger partial charge in [0.25, 0.3) is 0 Å². The van der Waals surface area contributed by atoms with Gasteiger partial charge in [-0.15, -0.1) is 0 Å². The highest BCUT2D eigenvalue weighted by Gasteiger charge is 2.15. The number of esters is 1. The molecule has 3 heteroatoms. The lowest BCUT2D eigenvalue weighted by atomic mass is 10.1. The van der Waals surface area contributed by atoms with Gasteiger partial charge >= 0.3 is 5.97 Å². The SMILES string of the molecule is CCOC(=O)C1=C(C)N=CCC1. The third-order valence-electron chi connectivity index (χ3n) is 1.77. The fourth-order valence-corrected chi connectivity index (χ4v) is 1.14. The molecule has 66 valence electrons. The molecule has 12 heavy (non-hydrogen) atoms. The first kappa shape index (κ1) is 8.97. The zero-order valence-corrected chi connectivity index (χ0v) is 7.46. The number of allylic oxidation sites excluding steroid dienone is 1. The summed E-state index contributed by atoms with van der Waals surface area (Å²) in [6.07, 6.45) is 3.43. The molecule has 0 aromatic carbocycles. The van der Waals surface area contributed by atoms with Crippen molar-refractivity contribution in [2.75, 3.05) is 6.61 Å². The molecule has 1 aliphatic rings. The van der Waals surface area contributed by atoms with Crippen LogP contribution in [0.25, 0.3) is 0 Å². The van der Waals surface area contributed by atoms with Crippen molar-refractivity contribution in [2.24, 2.45) is 4.99 Å². The van der Waals surface area contributed by atoms with E-state index in [1.165, 1.54) is 0 Å². The van der Waals surface area contributed by atoms with Gasteiger partial charge in [-0.1, -0.05) is 0 Å². The van der Waals surface area contributed by atoms with Crippen LogP contribution >= 0.6 is 0 Å². The van der Waals surface area contributed by atoms with E-state index in [0.29, 0.717) is 6.61 Å². The Morgan fingerprint density at radius 3 is 3.08 bits per heavy atom. The molecule has 3 nitrogen and oxygen atoms in total. The van der Waals surface area contributed by atoms with Crippen LogP contribution in [-0.2, 0) is 9.53 Å². The summed E-state index contributed by atoms with van der Waals surface area (Å²) in [4.78, 5) is 15.3. The van der Waals surface area contributed by atoms with Gasteiger partial charge in [-0.2, -0.15) is 0 Å². The summed E-state index contributed by atoms with van der Waals surface area (Å²) in [6, 6.07) is 0. The summed E-state index contributed by atoms with van der Waals surface area (Å²) in [5, 5.41) is 0. The van der Waals surface area contributed by atoms with Gasteiger partial charge in [0.2, 0.25) is 0 Å². The van der Waals surface area contributed by atoms with Crippen molar-refractivity contribution in [3.05, 3.63) is 11.3 Å². The summed E-state index contributed by atoms with van der Waals surface area (Å²) < 4.78 is 4.88. The average Bonchev–Trinajstić information content (AvgIpc) is 2.05. The largest absolute Gasteiger partial charge is 0.463 e. The molecule has 0 unspecified atom stereocenters. The normalized spacial score (nSPS) is 16.5. The Kier molecular flexibility index (Phi) is 3.02. The van der Waals surface area contributed by atoms with Crippen LogP contribution in [0.3, 0.4) is 0 Å². The molecular weight excluding hydrogens is 154 g/mol. The summed E-state index contributed by atoms with van der Waals surface area (Å²) in [5.41, 5.74) is 1.51. The van der Waals surface area contributed by atoms with Crippen LogP contribution in [0.15, 0.2) is 16.3 Å². The van der Waals surface area contributed by atoms with Crippen molar-refractivity contribution >= 4 is 12.2 Å². The summed E-state index contributed by atoms with van der Waals surface area (Å²) in [5.74, 6) is -0.216. The lowest BCUT2D eigenvalue weighted by Gasteiger charge is -2.10. The molecule has 0 aromatic rings. The van der Waals surface area contributed by atoms with Crippen LogP contribution < -0.4 is 0 Å². The maximum Gasteiger partial charge on any atom is 0.335 e. The molecule has 1 aliphatic heterocycles. The van der Waals surface area contributed by atoms with Gasteiger partial charge in [0, 0.05) is 11.9 Å². The smallest absolute Gasteiger partial charge is 0.335 e. The van der Waals surface area contributed by atoms with Gasteiger partial charge in [0.05, 0.1) is 12.2 Å². The molecule has 0 fully saturated rings. The van der Waals surface area contributed by atoms with Crippen LogP contribution in [0.4, 0.5) is 0 Å². The Hall–Kier alpha value is -1.12. The van der Waals surface area contributed by atoms with Crippen LogP contribution in [0.2, 0.25) is 0 Å². The van der Waals surface area contributed by atoms with E-state index in [4.69, 9.17) is 4.74 Å². The second-order valence-electron chi connectivity index (χ2n) is 2.63. The molecule has 0 saturated carbocycles. The first-order chi connectivity index (χ1) is 5.75. The number of carbonyl (C=O) groups excluding carboxylic acids is 1. The molecule has 0 saturated heterocycles. The molecule has 0 aromatic heterocycles. The van der Waals surface area contributed by atoms with Gasteiger partial charge in [-0.05, 0) is 26.7 Å². The minimum atomic E-state index is -0.216. The highest BCUT2D eigenvalue weighted by atomic mass is 16.5. The van der Waals surface area contributed by atoms with Gasteiger partial charge in [0.15, 0.2) is 0 Å². The number of ether oxygens (including phenoxy) is 1. The molecule has 0 bridgehead atoms. The van der Waals surface area contributed by atoms with Crippen LogP contribution in [0.5, 0.6) is 0 Å². The summed E-state index contributed by atoms with van der Waals surface area (Å²) in [7, 11) is 0. The fourth-order valence-electron chi connectivity index (χ4n) is 1.14. The maximum atomic E-state index is 11.3. The monoisotopic (exact) mass is 167 g/mol. The van der Waals surface area contributed by atoms with Crippen molar-refractivity contribution in [3.63, 3.8) is 0 Å². The van der Waals surface area contributed by atoms with E-state index in [9.17, 15) is 4.79 Å². The van der Waals surface area contributed by atoms with Gasteiger partial charge < -0.3 is 4.74 Å². The maximum absolute atomic E-state index is 11.3. The van der Waals surface area contributed by atoms with Crippen molar-refractivity contribution in [3.8, 4) is 0 Å². The van der Waals surface area contributed by atoms with Crippen LogP contribution in [-0.4, -0.2) is 18.8 Å². The fraction of sp³-hybridized carbons (Fsp3) is 0.556. The van der Waals surface area contributed by atoms with Crippen molar-refractivity contribution < 1.29 is 9.53 Å². The Morgan fingerprint density at radius 2 is 2.50 bits per heavy atom. The molecule has 0 atom stereocenters. The zero-order valence-electron chi connectivity index (χ0n) is 7.46. The van der Waals surface area contributed by atoms with Crippen LogP contribution in [0.1, 0.15) is 26.7 Å². The van der Waals surface area contributed by atoms with Gasteiger partial charge in [-0.25, -0.2) is 4.79 Å². The second-order valence-corrected chi connectivity index (χ2v) is 2.63. The average molecular weight is 167 g/mol. The Morgan fingerprint density at radius 1 is 1.75 bits per heavy atom. The molecule has 0 amide bonds. The lowest BCUT2D eigenvalue weighted by molar-refractivity contribution is -0.138. The number of rotatable bonds is 2. The number of hydrogen-bond donors (Lipinski definition) is 0. The van der Waals surface area contributed by atoms with E-state index in [2.05, 4.69) is 4.99 Å². The standard InChI is InChI=1S/C9H13NO2/c1-3-12-9(11)8-5-4-6-10-7(8)2/h6H,3-5H2,1-2H3. The Balaban J connectivity index is 2.71. The first-order valence-corrected chi connectivity index (χ1v) is 4.15. The quantitative estimate of drug-likeness (QED) is 0.587. The van der Waals surface area contributed by atoms with Crippen molar-refractivity contribution in [1.29, 1.82) is 0 Å². The molecule has 0 radical (unpaired) electrons. The van der Waals surface area contributed by atoms with E-state index in [1.807, 2.05) is 13.1 Å². The third-order valence-corrected chi connectivity index (χ3v) is 1.77. The summed E-state index contributed by atoms with van der Waals surface area (Å²) in [6.45, 7) is 4.07. The molecule has 0 aliphatic carbocycles. The minimum Gasteiger partial charge on any atom is -0.463 e. The van der Waals surface area contributed by atoms with Crippen molar-refractivity contribution in [2.45, 2.75) is 26.7 Å². The Bertz CT molecular complexity index is 241. The lowest BCUT2D eigenvalue weighted by Crippen LogP contribution is -2.11. The van der Waals surface area contributed by atoms with E-state index < -0.39 is 0 Å². The highest BCUT2D eigenvalue weighted by molar-refractivity contribution is 5.90. The predicted octanol–water partition coefficient (Wildman–Crippen LogP) is 1.69. The zero-order chi connectivity index (χ0) is 8.97. The number of carbonyl (C=O) groups is 1. The Labute approximate surface area is 72.1 Å². The van der Waals surface area contributed by atoms with Gasteiger partial charge in [0.1, 0.15) is 0 Å². The van der Waals surface area contributed by atoms with E-state index in [-0.39, 0.29) is 5.97 Å². The molecular formula is C9H13NO2.